The van der Waals surface area contributed by atoms with Crippen molar-refractivity contribution in [3.8, 4) is 0 Å². The summed E-state index contributed by atoms with van der Waals surface area (Å²) < 4.78 is 7.71. The van der Waals surface area contributed by atoms with E-state index in [4.69, 9.17) is 4.42 Å². The molecule has 3 aromatic rings. The van der Waals surface area contributed by atoms with Crippen LogP contribution in [0.15, 0.2) is 45.6 Å². The molecule has 0 amide bonds. The maximum atomic E-state index is 5.67. The van der Waals surface area contributed by atoms with Crippen molar-refractivity contribution in [3.05, 3.63) is 47.6 Å². The summed E-state index contributed by atoms with van der Waals surface area (Å²) in [6.45, 7) is 3.63. The molecule has 0 aromatic carbocycles. The average molecular weight is 372 g/mol. The van der Waals surface area contributed by atoms with Gasteiger partial charge in [-0.05, 0) is 38.1 Å². The summed E-state index contributed by atoms with van der Waals surface area (Å²) in [4.78, 5) is 12.4. The number of nitrogens with zero attached hydrogens (tertiary/aromatic N) is 4. The number of imidazole rings is 1. The van der Waals surface area contributed by atoms with Gasteiger partial charge in [-0.15, -0.1) is 11.3 Å². The Morgan fingerprint density at radius 2 is 2.27 bits per heavy atom. The van der Waals surface area contributed by atoms with Gasteiger partial charge in [0.2, 0.25) is 0 Å². The fourth-order valence-corrected chi connectivity index (χ4v) is 4.11. The number of furan rings is 1. The molecule has 1 saturated heterocycles. The highest BCUT2D eigenvalue weighted by Crippen LogP contribution is 2.24. The van der Waals surface area contributed by atoms with Crippen molar-refractivity contribution in [1.29, 1.82) is 0 Å². The molecule has 1 unspecified atom stereocenters. The van der Waals surface area contributed by atoms with Crippen LogP contribution in [0, 0.1) is 0 Å². The van der Waals surface area contributed by atoms with E-state index >= 15 is 0 Å². The molecule has 0 bridgehead atoms. The molecule has 0 saturated carbocycles. The largest absolute Gasteiger partial charge is 0.468 e. The molecule has 0 radical (unpaired) electrons. The molecule has 26 heavy (non-hydrogen) atoms. The summed E-state index contributed by atoms with van der Waals surface area (Å²) in [6.07, 6.45) is 8.31. The third kappa shape index (κ3) is 3.76. The van der Waals surface area contributed by atoms with E-state index in [1.807, 2.05) is 28.2 Å². The summed E-state index contributed by atoms with van der Waals surface area (Å²) in [6, 6.07) is 4.23. The van der Waals surface area contributed by atoms with Gasteiger partial charge in [-0.2, -0.15) is 0 Å². The van der Waals surface area contributed by atoms with Crippen LogP contribution in [0.25, 0.3) is 4.96 Å². The molecule has 1 aliphatic rings. The van der Waals surface area contributed by atoms with Crippen LogP contribution < -0.4 is 10.6 Å². The monoisotopic (exact) mass is 372 g/mol. The summed E-state index contributed by atoms with van der Waals surface area (Å²) in [5.74, 6) is 1.78. The van der Waals surface area contributed by atoms with Crippen molar-refractivity contribution in [2.24, 2.45) is 4.99 Å². The van der Waals surface area contributed by atoms with Crippen LogP contribution in [0.4, 0.5) is 0 Å². The van der Waals surface area contributed by atoms with Crippen LogP contribution in [0.3, 0.4) is 0 Å². The molecule has 1 aliphatic heterocycles. The molecule has 4 heterocycles. The van der Waals surface area contributed by atoms with Crippen LogP contribution in [-0.4, -0.2) is 46.9 Å². The van der Waals surface area contributed by atoms with Gasteiger partial charge in [-0.25, -0.2) is 4.98 Å². The number of nitrogens with one attached hydrogen (secondary N) is 2. The topological polar surface area (TPSA) is 70.1 Å². The second kappa shape index (κ2) is 7.92. The van der Waals surface area contributed by atoms with Gasteiger partial charge >= 0.3 is 0 Å². The van der Waals surface area contributed by atoms with Crippen LogP contribution in [-0.2, 0) is 6.54 Å². The Labute approximate surface area is 156 Å². The number of guanidine groups is 1. The quantitative estimate of drug-likeness (QED) is 0.514. The summed E-state index contributed by atoms with van der Waals surface area (Å²) in [7, 11) is 1.79. The number of aromatic nitrogens is 2. The number of hydrogen-bond acceptors (Lipinski definition) is 5. The van der Waals surface area contributed by atoms with E-state index in [0.717, 1.165) is 42.0 Å². The molecule has 2 N–H and O–H groups in total. The molecule has 0 aliphatic carbocycles. The lowest BCUT2D eigenvalue weighted by Crippen LogP contribution is -2.42. The molecule has 138 valence electrons. The lowest BCUT2D eigenvalue weighted by molar-refractivity contribution is 0.215. The highest BCUT2D eigenvalue weighted by Gasteiger charge is 2.25. The third-order valence-corrected chi connectivity index (χ3v) is 5.49. The van der Waals surface area contributed by atoms with Gasteiger partial charge in [-0.3, -0.25) is 14.3 Å². The summed E-state index contributed by atoms with van der Waals surface area (Å²) in [5, 5.41) is 8.82. The minimum Gasteiger partial charge on any atom is -0.468 e. The Bertz CT molecular complexity index is 818. The highest BCUT2D eigenvalue weighted by atomic mass is 32.1. The number of aliphatic imine (C=N–C) groups is 1. The molecule has 3 aromatic heterocycles. The zero-order valence-electron chi connectivity index (χ0n) is 14.9. The van der Waals surface area contributed by atoms with E-state index in [-0.39, 0.29) is 6.04 Å². The first-order valence-corrected chi connectivity index (χ1v) is 9.84. The Morgan fingerprint density at radius 3 is 3.00 bits per heavy atom. The van der Waals surface area contributed by atoms with E-state index in [9.17, 15) is 0 Å². The number of likely N-dealkylation sites (tertiary alicyclic amines) is 1. The first-order valence-electron chi connectivity index (χ1n) is 8.96. The van der Waals surface area contributed by atoms with Crippen molar-refractivity contribution in [3.63, 3.8) is 0 Å². The molecule has 4 rings (SSSR count). The number of rotatable bonds is 6. The molecular weight excluding hydrogens is 348 g/mol. The van der Waals surface area contributed by atoms with Gasteiger partial charge < -0.3 is 15.1 Å². The molecule has 1 atom stereocenters. The number of hydrogen-bond donors (Lipinski definition) is 2. The van der Waals surface area contributed by atoms with Gasteiger partial charge in [0.05, 0.1) is 24.5 Å². The van der Waals surface area contributed by atoms with Gasteiger partial charge in [0.15, 0.2) is 10.9 Å². The summed E-state index contributed by atoms with van der Waals surface area (Å²) >= 11 is 1.64. The van der Waals surface area contributed by atoms with Crippen molar-refractivity contribution in [2.45, 2.75) is 25.4 Å². The van der Waals surface area contributed by atoms with Crippen molar-refractivity contribution < 1.29 is 4.42 Å². The minimum atomic E-state index is 0.226. The van der Waals surface area contributed by atoms with E-state index in [1.165, 1.54) is 12.8 Å². The Morgan fingerprint density at radius 1 is 1.38 bits per heavy atom. The van der Waals surface area contributed by atoms with Crippen molar-refractivity contribution >= 4 is 22.3 Å². The lowest BCUT2D eigenvalue weighted by Gasteiger charge is -2.26. The van der Waals surface area contributed by atoms with Crippen molar-refractivity contribution in [2.75, 3.05) is 26.7 Å². The lowest BCUT2D eigenvalue weighted by atomic mass is 10.2. The fourth-order valence-electron chi connectivity index (χ4n) is 3.39. The Kier molecular flexibility index (Phi) is 5.21. The predicted molar refractivity (Wildman–Crippen MR) is 104 cm³/mol. The first-order chi connectivity index (χ1) is 12.8. The van der Waals surface area contributed by atoms with E-state index in [2.05, 4.69) is 31.6 Å². The van der Waals surface area contributed by atoms with Gasteiger partial charge in [0, 0.05) is 31.4 Å². The van der Waals surface area contributed by atoms with Crippen LogP contribution in [0.2, 0.25) is 0 Å². The third-order valence-electron chi connectivity index (χ3n) is 4.72. The normalized spacial score (nSPS) is 17.0. The maximum Gasteiger partial charge on any atom is 0.193 e. The predicted octanol–water partition coefficient (Wildman–Crippen LogP) is 2.49. The summed E-state index contributed by atoms with van der Waals surface area (Å²) in [5.41, 5.74) is 1.00. The standard InChI is InChI=1S/C18H24N6OS/c1-19-17(20-11-14-13-24-8-10-26-18(24)22-14)21-12-15(16-5-4-9-25-16)23-6-2-3-7-23/h4-5,8-10,13,15H,2-3,6-7,11-12H2,1H3,(H2,19,20,21). The molecular formula is C18H24N6OS. The van der Waals surface area contributed by atoms with Gasteiger partial charge in [0.1, 0.15) is 5.76 Å². The van der Waals surface area contributed by atoms with Gasteiger partial charge in [0.25, 0.3) is 0 Å². The maximum absolute atomic E-state index is 5.67. The average Bonchev–Trinajstić information content (AvgIpc) is 3.43. The SMILES string of the molecule is CN=C(NCc1cn2ccsc2n1)NCC(c1ccco1)N1CCCC1. The smallest absolute Gasteiger partial charge is 0.193 e. The molecule has 7 nitrogen and oxygen atoms in total. The molecule has 8 heteroatoms. The Hall–Kier alpha value is -2.32. The number of fused-ring (bicyclic) bond motifs is 1. The van der Waals surface area contributed by atoms with E-state index < -0.39 is 0 Å². The van der Waals surface area contributed by atoms with Gasteiger partial charge in [-0.1, -0.05) is 0 Å². The van der Waals surface area contributed by atoms with E-state index in [1.54, 1.807) is 24.6 Å². The second-order valence-corrected chi connectivity index (χ2v) is 7.28. The van der Waals surface area contributed by atoms with Crippen molar-refractivity contribution in [1.82, 2.24) is 24.9 Å². The second-order valence-electron chi connectivity index (χ2n) is 6.41. The fraction of sp³-hybridized carbons (Fsp3) is 0.444. The minimum absolute atomic E-state index is 0.226. The first kappa shape index (κ1) is 17.1. The molecule has 0 spiro atoms. The number of thiazole rings is 1. The highest BCUT2D eigenvalue weighted by molar-refractivity contribution is 7.15. The Balaban J connectivity index is 1.35. The zero-order chi connectivity index (χ0) is 17.8. The van der Waals surface area contributed by atoms with Crippen LogP contribution in [0.1, 0.15) is 30.3 Å². The molecule has 1 fully saturated rings. The van der Waals surface area contributed by atoms with Crippen LogP contribution >= 0.6 is 11.3 Å². The van der Waals surface area contributed by atoms with E-state index in [0.29, 0.717) is 6.54 Å². The zero-order valence-corrected chi connectivity index (χ0v) is 15.7. The van der Waals surface area contributed by atoms with Crippen LogP contribution in [0.5, 0.6) is 0 Å².